The topological polar surface area (TPSA) is 95.5 Å². The van der Waals surface area contributed by atoms with Crippen molar-refractivity contribution in [3.8, 4) is 0 Å². The van der Waals surface area contributed by atoms with Crippen molar-refractivity contribution >= 4 is 50.4 Å². The van der Waals surface area contributed by atoms with Crippen molar-refractivity contribution in [3.05, 3.63) is 107 Å². The van der Waals surface area contributed by atoms with E-state index in [2.05, 4.69) is 87.9 Å². The van der Waals surface area contributed by atoms with E-state index in [1.165, 1.54) is 74.5 Å². The van der Waals surface area contributed by atoms with Crippen LogP contribution in [0.5, 0.6) is 0 Å². The standard InChI is InChI=1S/C25H31N3O.C18H18N2O2/c1-16-7-10-22-24(16)21-9-8-19(25(18-5-4-6-18)27-17(2)26-3)15-23(21)28(22)20-11-13-29-14-12-20;19-18(21)12-5-6-15-14-3-1-2-4-16(14)20(17(15)11-12)13-7-9-22-10-8-13/h7-10,15-16,20,26-27H,2,4-6,11-14H2,1,3H3;1-6,11,13H,7-10H2,(H2,19,21). The van der Waals surface area contributed by atoms with Crippen molar-refractivity contribution in [1.82, 2.24) is 19.8 Å². The summed E-state index contributed by atoms with van der Waals surface area (Å²) in [6, 6.07) is 22.1. The van der Waals surface area contributed by atoms with Gasteiger partial charge in [-0.1, -0.05) is 56.0 Å². The number of carbonyl (C=O) groups excluding carboxylic acids is 1. The molecular formula is C43H49N5O3. The van der Waals surface area contributed by atoms with Gasteiger partial charge in [0, 0.05) is 101 Å². The second kappa shape index (κ2) is 14.1. The minimum atomic E-state index is -0.384. The third-order valence-electron chi connectivity index (χ3n) is 11.4. The highest BCUT2D eigenvalue weighted by Gasteiger charge is 2.29. The molecule has 2 aliphatic carbocycles. The van der Waals surface area contributed by atoms with Crippen LogP contribution in [0.1, 0.15) is 97.0 Å². The van der Waals surface area contributed by atoms with Crippen LogP contribution < -0.4 is 16.4 Å². The molecule has 5 aromatic rings. The van der Waals surface area contributed by atoms with Crippen LogP contribution in [0.3, 0.4) is 0 Å². The van der Waals surface area contributed by atoms with Gasteiger partial charge in [0.25, 0.3) is 0 Å². The van der Waals surface area contributed by atoms with Gasteiger partial charge in [0.05, 0.1) is 11.3 Å². The van der Waals surface area contributed by atoms with E-state index in [9.17, 15) is 4.79 Å². The molecule has 3 fully saturated rings. The molecule has 1 saturated carbocycles. The van der Waals surface area contributed by atoms with Crippen LogP contribution in [0.25, 0.3) is 44.5 Å². The summed E-state index contributed by atoms with van der Waals surface area (Å²) in [6.07, 6.45) is 12.5. The zero-order valence-electron chi connectivity index (χ0n) is 29.8. The van der Waals surface area contributed by atoms with E-state index < -0.39 is 0 Å². The summed E-state index contributed by atoms with van der Waals surface area (Å²) in [6.45, 7) is 9.70. The Bertz CT molecular complexity index is 2190. The summed E-state index contributed by atoms with van der Waals surface area (Å²) < 4.78 is 16.1. The van der Waals surface area contributed by atoms with Gasteiger partial charge in [0.2, 0.25) is 5.91 Å². The molecule has 1 unspecified atom stereocenters. The number of carbonyl (C=O) groups is 1. The van der Waals surface area contributed by atoms with Gasteiger partial charge in [0.15, 0.2) is 0 Å². The Morgan fingerprint density at radius 2 is 1.41 bits per heavy atom. The lowest BCUT2D eigenvalue weighted by Gasteiger charge is -2.27. The molecular weight excluding hydrogens is 635 g/mol. The average Bonchev–Trinajstić information content (AvgIpc) is 3.79. The Morgan fingerprint density at radius 3 is 2.08 bits per heavy atom. The number of benzene rings is 3. The maximum Gasteiger partial charge on any atom is 0.248 e. The number of nitrogens with two attached hydrogens (primary N) is 1. The van der Waals surface area contributed by atoms with Crippen LogP contribution in [0.4, 0.5) is 0 Å². The number of para-hydroxylation sites is 1. The zero-order chi connectivity index (χ0) is 35.1. The van der Waals surface area contributed by atoms with Crippen LogP contribution in [0.2, 0.25) is 0 Å². The molecule has 4 aliphatic rings. The summed E-state index contributed by atoms with van der Waals surface area (Å²) >= 11 is 0. The van der Waals surface area contributed by atoms with Crippen LogP contribution >= 0.6 is 0 Å². The van der Waals surface area contributed by atoms with Crippen LogP contribution in [-0.2, 0) is 9.47 Å². The number of allylic oxidation sites excluding steroid dienone is 2. The van der Waals surface area contributed by atoms with Crippen molar-refractivity contribution in [2.45, 2.75) is 69.9 Å². The van der Waals surface area contributed by atoms with E-state index in [1.54, 1.807) is 0 Å². The SMILES string of the molecule is C=C(NC)NC(=C1CCC1)c1ccc2c3c(n(C4CCOCC4)c2c1)C=CC3C.NC(=O)c1ccc2c3ccccc3n(C3CCOCC3)c2c1. The number of hydrogen-bond donors (Lipinski definition) is 3. The first-order valence-electron chi connectivity index (χ1n) is 18.6. The first-order chi connectivity index (χ1) is 24.9. The minimum absolute atomic E-state index is 0.384. The van der Waals surface area contributed by atoms with E-state index in [-0.39, 0.29) is 5.91 Å². The molecule has 9 rings (SSSR count). The lowest BCUT2D eigenvalue weighted by atomic mass is 9.88. The van der Waals surface area contributed by atoms with Gasteiger partial charge in [-0.15, -0.1) is 0 Å². The first kappa shape index (κ1) is 33.4. The highest BCUT2D eigenvalue weighted by molar-refractivity contribution is 6.10. The number of fused-ring (bicyclic) bond motifs is 6. The van der Waals surface area contributed by atoms with Crippen molar-refractivity contribution in [2.24, 2.45) is 5.73 Å². The van der Waals surface area contributed by atoms with Gasteiger partial charge in [-0.05, 0) is 86.4 Å². The summed E-state index contributed by atoms with van der Waals surface area (Å²) in [7, 11) is 1.91. The Balaban J connectivity index is 0.000000152. The molecule has 1 amide bonds. The Morgan fingerprint density at radius 1 is 0.804 bits per heavy atom. The Kier molecular flexibility index (Phi) is 9.21. The van der Waals surface area contributed by atoms with Crippen molar-refractivity contribution < 1.29 is 14.3 Å². The molecule has 0 radical (unpaired) electrons. The molecule has 2 aliphatic heterocycles. The highest BCUT2D eigenvalue weighted by atomic mass is 16.5. The maximum absolute atomic E-state index is 11.5. The third-order valence-corrected chi connectivity index (χ3v) is 11.4. The van der Waals surface area contributed by atoms with Gasteiger partial charge < -0.3 is 35.0 Å². The number of primary amides is 1. The van der Waals surface area contributed by atoms with E-state index in [0.717, 1.165) is 63.4 Å². The fourth-order valence-electron chi connectivity index (χ4n) is 8.50. The number of rotatable bonds is 7. The number of hydrogen-bond acceptors (Lipinski definition) is 5. The summed E-state index contributed by atoms with van der Waals surface area (Å²) in [5.41, 5.74) is 16.6. The van der Waals surface area contributed by atoms with Gasteiger partial charge >= 0.3 is 0 Å². The average molecular weight is 684 g/mol. The molecule has 51 heavy (non-hydrogen) atoms. The molecule has 4 heterocycles. The van der Waals surface area contributed by atoms with Crippen molar-refractivity contribution in [1.29, 1.82) is 0 Å². The normalized spacial score (nSPS) is 19.1. The van der Waals surface area contributed by atoms with Crippen molar-refractivity contribution in [3.63, 3.8) is 0 Å². The lowest BCUT2D eigenvalue weighted by molar-refractivity contribution is 0.0705. The summed E-state index contributed by atoms with van der Waals surface area (Å²) in [5, 5.41) is 10.5. The molecule has 264 valence electrons. The fourth-order valence-corrected chi connectivity index (χ4v) is 8.50. The molecule has 4 N–H and O–H groups in total. The second-order valence-electron chi connectivity index (χ2n) is 14.4. The maximum atomic E-state index is 11.5. The zero-order valence-corrected chi connectivity index (χ0v) is 29.8. The van der Waals surface area contributed by atoms with Gasteiger partial charge in [-0.3, -0.25) is 4.79 Å². The predicted octanol–water partition coefficient (Wildman–Crippen LogP) is 8.54. The molecule has 2 aromatic heterocycles. The van der Waals surface area contributed by atoms with Gasteiger partial charge in [-0.2, -0.15) is 0 Å². The second-order valence-corrected chi connectivity index (χ2v) is 14.4. The molecule has 0 bridgehead atoms. The minimum Gasteiger partial charge on any atom is -0.381 e. The van der Waals surface area contributed by atoms with E-state index >= 15 is 0 Å². The smallest absolute Gasteiger partial charge is 0.248 e. The lowest BCUT2D eigenvalue weighted by Crippen LogP contribution is -2.23. The third kappa shape index (κ3) is 6.14. The number of aromatic nitrogens is 2. The number of ether oxygens (including phenoxy) is 2. The van der Waals surface area contributed by atoms with Crippen molar-refractivity contribution in [2.75, 3.05) is 33.5 Å². The van der Waals surface area contributed by atoms with Gasteiger partial charge in [0.1, 0.15) is 0 Å². The van der Waals surface area contributed by atoms with E-state index in [4.69, 9.17) is 15.2 Å². The molecule has 3 aromatic carbocycles. The number of nitrogens with one attached hydrogen (secondary N) is 2. The number of amides is 1. The van der Waals surface area contributed by atoms with Crippen LogP contribution in [-0.4, -0.2) is 48.5 Å². The predicted molar refractivity (Wildman–Crippen MR) is 208 cm³/mol. The molecule has 0 spiro atoms. The molecule has 8 heteroatoms. The van der Waals surface area contributed by atoms with Crippen LogP contribution in [0.15, 0.2) is 84.7 Å². The first-order valence-corrected chi connectivity index (χ1v) is 18.6. The monoisotopic (exact) mass is 683 g/mol. The Labute approximate surface area is 300 Å². The highest BCUT2D eigenvalue weighted by Crippen LogP contribution is 2.43. The Hall–Kier alpha value is -4.79. The number of nitrogens with zero attached hydrogens (tertiary/aromatic N) is 2. The quantitative estimate of drug-likeness (QED) is 0.160. The molecule has 8 nitrogen and oxygen atoms in total. The molecule has 2 saturated heterocycles. The van der Waals surface area contributed by atoms with Crippen LogP contribution in [0, 0.1) is 0 Å². The van der Waals surface area contributed by atoms with E-state index in [0.29, 0.717) is 23.6 Å². The summed E-state index contributed by atoms with van der Waals surface area (Å²) in [5.74, 6) is 0.940. The summed E-state index contributed by atoms with van der Waals surface area (Å²) in [4.78, 5) is 11.5. The molecule has 1 atom stereocenters. The fraction of sp³-hybridized carbons (Fsp3) is 0.372. The van der Waals surface area contributed by atoms with E-state index in [1.807, 2.05) is 25.2 Å². The van der Waals surface area contributed by atoms with Gasteiger partial charge in [-0.25, -0.2) is 0 Å². The largest absolute Gasteiger partial charge is 0.381 e.